The summed E-state index contributed by atoms with van der Waals surface area (Å²) in [5.41, 5.74) is 1.06. The maximum absolute atomic E-state index is 11.5. The van der Waals surface area contributed by atoms with Gasteiger partial charge in [-0.05, 0) is 44.7 Å². The number of amides is 1. The minimum atomic E-state index is -0.118. The van der Waals surface area contributed by atoms with Gasteiger partial charge in [0.15, 0.2) is 12.6 Å². The molecule has 0 aliphatic heterocycles. The van der Waals surface area contributed by atoms with E-state index in [2.05, 4.69) is 41.0 Å². The van der Waals surface area contributed by atoms with Gasteiger partial charge in [0.1, 0.15) is 5.75 Å². The van der Waals surface area contributed by atoms with Crippen molar-refractivity contribution in [1.82, 2.24) is 16.0 Å². The molecule has 0 unspecified atom stereocenters. The van der Waals surface area contributed by atoms with Gasteiger partial charge in [-0.3, -0.25) is 9.79 Å². The molecule has 6 nitrogen and oxygen atoms in total. The molecule has 1 rings (SSSR count). The van der Waals surface area contributed by atoms with E-state index < -0.39 is 0 Å². The van der Waals surface area contributed by atoms with Crippen LogP contribution < -0.4 is 20.7 Å². The molecule has 25 heavy (non-hydrogen) atoms. The smallest absolute Gasteiger partial charge is 0.257 e. The molecule has 0 saturated heterocycles. The van der Waals surface area contributed by atoms with Crippen molar-refractivity contribution in [3.05, 3.63) is 29.8 Å². The zero-order valence-electron chi connectivity index (χ0n) is 15.8. The summed E-state index contributed by atoms with van der Waals surface area (Å²) in [5, 5.41) is 9.33. The molecule has 0 aliphatic carbocycles. The zero-order chi connectivity index (χ0) is 18.7. The molecule has 1 aromatic carbocycles. The highest BCUT2D eigenvalue weighted by Gasteiger charge is 2.16. The number of carbonyl (C=O) groups excluding carboxylic acids is 1. The van der Waals surface area contributed by atoms with E-state index in [9.17, 15) is 4.79 Å². The molecule has 7 heteroatoms. The van der Waals surface area contributed by atoms with Gasteiger partial charge in [0, 0.05) is 31.4 Å². The Bertz CT molecular complexity index is 576. The summed E-state index contributed by atoms with van der Waals surface area (Å²) in [6.45, 7) is 8.33. The van der Waals surface area contributed by atoms with Gasteiger partial charge in [-0.15, -0.1) is 0 Å². The van der Waals surface area contributed by atoms with Crippen molar-refractivity contribution in [3.8, 4) is 5.75 Å². The van der Waals surface area contributed by atoms with Crippen molar-refractivity contribution in [3.63, 3.8) is 0 Å². The van der Waals surface area contributed by atoms with Crippen molar-refractivity contribution in [2.24, 2.45) is 4.99 Å². The Kier molecular flexibility index (Phi) is 9.20. The van der Waals surface area contributed by atoms with Gasteiger partial charge < -0.3 is 20.7 Å². The number of carbonyl (C=O) groups is 1. The lowest BCUT2D eigenvalue weighted by Crippen LogP contribution is -2.42. The predicted octanol–water partition coefficient (Wildman–Crippen LogP) is 2.01. The van der Waals surface area contributed by atoms with Crippen LogP contribution >= 0.6 is 11.8 Å². The molecule has 3 N–H and O–H groups in total. The third kappa shape index (κ3) is 8.67. The Hall–Kier alpha value is -1.89. The van der Waals surface area contributed by atoms with E-state index in [1.54, 1.807) is 7.05 Å². The first-order chi connectivity index (χ1) is 11.9. The quantitative estimate of drug-likeness (QED) is 0.460. The summed E-state index contributed by atoms with van der Waals surface area (Å²) in [6, 6.07) is 7.68. The average molecular weight is 367 g/mol. The Morgan fingerprint density at radius 2 is 2.04 bits per heavy atom. The largest absolute Gasteiger partial charge is 0.484 e. The SMILES string of the molecule is CCNC(=O)COc1cccc(CNC(=NC)NCC(C)(C)SC)c1. The molecule has 0 heterocycles. The van der Waals surface area contributed by atoms with Crippen LogP contribution in [0.5, 0.6) is 5.75 Å². The number of aliphatic imine (C=N–C) groups is 1. The Morgan fingerprint density at radius 1 is 1.28 bits per heavy atom. The second-order valence-electron chi connectivity index (χ2n) is 6.13. The number of nitrogens with one attached hydrogen (secondary N) is 3. The molecule has 140 valence electrons. The Balaban J connectivity index is 2.50. The van der Waals surface area contributed by atoms with Crippen LogP contribution in [0.25, 0.3) is 0 Å². The molecule has 0 radical (unpaired) electrons. The highest BCUT2D eigenvalue weighted by molar-refractivity contribution is 7.99. The molecule has 0 aromatic heterocycles. The van der Waals surface area contributed by atoms with Gasteiger partial charge in [-0.2, -0.15) is 11.8 Å². The summed E-state index contributed by atoms with van der Waals surface area (Å²) in [4.78, 5) is 15.7. The van der Waals surface area contributed by atoms with Crippen molar-refractivity contribution in [1.29, 1.82) is 0 Å². The van der Waals surface area contributed by atoms with Gasteiger partial charge in [0.05, 0.1) is 0 Å². The van der Waals surface area contributed by atoms with E-state index in [4.69, 9.17) is 4.74 Å². The van der Waals surface area contributed by atoms with E-state index in [-0.39, 0.29) is 17.3 Å². The highest BCUT2D eigenvalue weighted by atomic mass is 32.2. The number of guanidine groups is 1. The first-order valence-corrected chi connectivity index (χ1v) is 9.60. The van der Waals surface area contributed by atoms with Crippen LogP contribution in [0.1, 0.15) is 26.3 Å². The average Bonchev–Trinajstić information content (AvgIpc) is 2.61. The first kappa shape index (κ1) is 21.2. The lowest BCUT2D eigenvalue weighted by molar-refractivity contribution is -0.122. The monoisotopic (exact) mass is 366 g/mol. The highest BCUT2D eigenvalue weighted by Crippen LogP contribution is 2.19. The minimum Gasteiger partial charge on any atom is -0.484 e. The second kappa shape index (κ2) is 10.9. The maximum Gasteiger partial charge on any atom is 0.257 e. The number of nitrogens with zero attached hydrogens (tertiary/aromatic N) is 1. The van der Waals surface area contributed by atoms with Crippen molar-refractivity contribution in [2.75, 3.05) is 33.0 Å². The van der Waals surface area contributed by atoms with E-state index in [0.717, 1.165) is 18.1 Å². The third-order valence-corrected chi connectivity index (χ3v) is 4.81. The third-order valence-electron chi connectivity index (χ3n) is 3.56. The number of rotatable bonds is 9. The summed E-state index contributed by atoms with van der Waals surface area (Å²) < 4.78 is 5.66. The fourth-order valence-electron chi connectivity index (χ4n) is 1.92. The van der Waals surface area contributed by atoms with Crippen LogP contribution in [0.3, 0.4) is 0 Å². The van der Waals surface area contributed by atoms with Crippen LogP contribution in [0.4, 0.5) is 0 Å². The molecular formula is C18H30N4O2S. The Labute approximate surface area is 155 Å². The summed E-state index contributed by atoms with van der Waals surface area (Å²) >= 11 is 1.81. The van der Waals surface area contributed by atoms with Crippen molar-refractivity contribution in [2.45, 2.75) is 32.1 Å². The van der Waals surface area contributed by atoms with E-state index >= 15 is 0 Å². The summed E-state index contributed by atoms with van der Waals surface area (Å²) in [5.74, 6) is 1.32. The topological polar surface area (TPSA) is 74.8 Å². The van der Waals surface area contributed by atoms with Gasteiger partial charge in [0.25, 0.3) is 5.91 Å². The molecule has 0 fully saturated rings. The molecule has 0 bridgehead atoms. The van der Waals surface area contributed by atoms with E-state index in [1.165, 1.54) is 0 Å². The lowest BCUT2D eigenvalue weighted by Gasteiger charge is -2.23. The van der Waals surface area contributed by atoms with Gasteiger partial charge in [-0.1, -0.05) is 12.1 Å². The molecule has 1 aromatic rings. The number of likely N-dealkylation sites (N-methyl/N-ethyl adjacent to an activating group) is 1. The molecule has 1 amide bonds. The standard InChI is InChI=1S/C18H30N4O2S/c1-6-20-16(23)12-24-15-9-7-8-14(10-15)11-21-17(19-4)22-13-18(2,3)25-5/h7-10H,6,11-13H2,1-5H3,(H,20,23)(H2,19,21,22). The number of benzene rings is 1. The van der Waals surface area contributed by atoms with Crippen LogP contribution in [-0.2, 0) is 11.3 Å². The number of ether oxygens (including phenoxy) is 1. The minimum absolute atomic E-state index is 0.0255. The fourth-order valence-corrected chi connectivity index (χ4v) is 2.13. The summed E-state index contributed by atoms with van der Waals surface area (Å²) in [6.07, 6.45) is 2.10. The zero-order valence-corrected chi connectivity index (χ0v) is 16.6. The predicted molar refractivity (Wildman–Crippen MR) is 106 cm³/mol. The molecule has 0 spiro atoms. The number of thioether (sulfide) groups is 1. The van der Waals surface area contributed by atoms with Crippen LogP contribution in [0.15, 0.2) is 29.3 Å². The van der Waals surface area contributed by atoms with Gasteiger partial charge in [-0.25, -0.2) is 0 Å². The van der Waals surface area contributed by atoms with Gasteiger partial charge in [0.2, 0.25) is 0 Å². The molecule has 0 atom stereocenters. The number of hydrogen-bond acceptors (Lipinski definition) is 4. The molecule has 0 saturated carbocycles. The second-order valence-corrected chi connectivity index (χ2v) is 7.65. The summed E-state index contributed by atoms with van der Waals surface area (Å²) in [7, 11) is 1.76. The van der Waals surface area contributed by atoms with E-state index in [1.807, 2.05) is 43.0 Å². The molecular weight excluding hydrogens is 336 g/mol. The first-order valence-electron chi connectivity index (χ1n) is 8.38. The number of hydrogen-bond donors (Lipinski definition) is 3. The fraction of sp³-hybridized carbons (Fsp3) is 0.556. The van der Waals surface area contributed by atoms with Crippen molar-refractivity contribution >= 4 is 23.6 Å². The van der Waals surface area contributed by atoms with Crippen LogP contribution in [0, 0.1) is 0 Å². The Morgan fingerprint density at radius 3 is 2.68 bits per heavy atom. The van der Waals surface area contributed by atoms with Crippen molar-refractivity contribution < 1.29 is 9.53 Å². The lowest BCUT2D eigenvalue weighted by atomic mass is 10.2. The van der Waals surface area contributed by atoms with E-state index in [0.29, 0.717) is 18.8 Å². The molecule has 0 aliphatic rings. The van der Waals surface area contributed by atoms with Crippen LogP contribution in [0.2, 0.25) is 0 Å². The maximum atomic E-state index is 11.5. The van der Waals surface area contributed by atoms with Crippen LogP contribution in [-0.4, -0.2) is 49.6 Å². The normalized spacial score (nSPS) is 11.8. The van der Waals surface area contributed by atoms with Gasteiger partial charge >= 0.3 is 0 Å².